The number of fused-ring (bicyclic) bond motifs is 1. The number of imide groups is 1. The highest BCUT2D eigenvalue weighted by molar-refractivity contribution is 6.09. The molecule has 2 N–H and O–H groups in total. The van der Waals surface area contributed by atoms with Gasteiger partial charge in [0.05, 0.1) is 0 Å². The Balaban J connectivity index is 0.00000156. The summed E-state index contributed by atoms with van der Waals surface area (Å²) in [6.45, 7) is 3.29. The second-order valence-electron chi connectivity index (χ2n) is 7.09. The van der Waals surface area contributed by atoms with E-state index in [4.69, 9.17) is 0 Å². The Morgan fingerprint density at radius 1 is 1.13 bits per heavy atom. The van der Waals surface area contributed by atoms with Crippen molar-refractivity contribution in [1.29, 1.82) is 0 Å². The second-order valence-corrected chi connectivity index (χ2v) is 7.09. The molecular weight excluding hydrogens is 320 g/mol. The molecule has 23 heavy (non-hydrogen) atoms. The van der Waals surface area contributed by atoms with E-state index in [0.717, 1.165) is 43.9 Å². The third-order valence-electron chi connectivity index (χ3n) is 5.74. The number of urea groups is 1. The number of nitrogens with zero attached hydrogens (tertiary/aromatic N) is 2. The lowest BCUT2D eigenvalue weighted by atomic mass is 9.98. The quantitative estimate of drug-likeness (QED) is 0.689. The van der Waals surface area contributed by atoms with Crippen molar-refractivity contribution in [2.24, 2.45) is 11.8 Å². The molecule has 3 heterocycles. The summed E-state index contributed by atoms with van der Waals surface area (Å²) in [4.78, 5) is 40.1. The Morgan fingerprint density at radius 2 is 1.74 bits per heavy atom. The molecule has 4 fully saturated rings. The van der Waals surface area contributed by atoms with Crippen LogP contribution in [0.5, 0.6) is 0 Å². The van der Waals surface area contributed by atoms with E-state index in [2.05, 4.69) is 10.6 Å². The molecule has 3 aliphatic heterocycles. The van der Waals surface area contributed by atoms with Gasteiger partial charge in [-0.25, -0.2) is 4.79 Å². The maximum absolute atomic E-state index is 12.5. The Morgan fingerprint density at radius 3 is 2.35 bits per heavy atom. The maximum atomic E-state index is 12.5. The molecule has 128 valence electrons. The van der Waals surface area contributed by atoms with E-state index in [1.165, 1.54) is 0 Å². The highest BCUT2D eigenvalue weighted by atomic mass is 35.5. The molecule has 7 nitrogen and oxygen atoms in total. The first-order valence-corrected chi connectivity index (χ1v) is 8.22. The summed E-state index contributed by atoms with van der Waals surface area (Å²) >= 11 is 0. The summed E-state index contributed by atoms with van der Waals surface area (Å²) in [6.07, 6.45) is 3.30. The van der Waals surface area contributed by atoms with Gasteiger partial charge in [0.15, 0.2) is 0 Å². The van der Waals surface area contributed by atoms with Gasteiger partial charge in [0.2, 0.25) is 5.91 Å². The number of amides is 4. The van der Waals surface area contributed by atoms with Crippen LogP contribution in [0.4, 0.5) is 4.79 Å². The Kier molecular flexibility index (Phi) is 4.27. The summed E-state index contributed by atoms with van der Waals surface area (Å²) in [5.74, 6) is 0.735. The standard InChI is InChI=1S/C15H22N4O3.ClH/c20-12(18-7-10-5-16-6-11(10)8-18)9-19-13(21)15(17-14(19)22)3-1-2-4-15;/h10-11,16H,1-9H2,(H,17,22);1H/t10-,11+;. The van der Waals surface area contributed by atoms with Gasteiger partial charge in [0.1, 0.15) is 12.1 Å². The minimum absolute atomic E-state index is 0. The van der Waals surface area contributed by atoms with E-state index in [9.17, 15) is 14.4 Å². The molecule has 0 unspecified atom stereocenters. The van der Waals surface area contributed by atoms with Crippen molar-refractivity contribution in [3.05, 3.63) is 0 Å². The molecular formula is C15H23ClN4O3. The topological polar surface area (TPSA) is 81.8 Å². The van der Waals surface area contributed by atoms with E-state index < -0.39 is 11.6 Å². The van der Waals surface area contributed by atoms with Crippen molar-refractivity contribution in [1.82, 2.24) is 20.4 Å². The lowest BCUT2D eigenvalue weighted by Crippen LogP contribution is -2.46. The normalized spacial score (nSPS) is 31.5. The van der Waals surface area contributed by atoms with Crippen molar-refractivity contribution in [3.8, 4) is 0 Å². The maximum Gasteiger partial charge on any atom is 0.325 e. The molecule has 0 aromatic carbocycles. The van der Waals surface area contributed by atoms with Gasteiger partial charge in [-0.3, -0.25) is 14.5 Å². The first-order chi connectivity index (χ1) is 10.6. The van der Waals surface area contributed by atoms with Gasteiger partial charge in [-0.2, -0.15) is 0 Å². The second kappa shape index (κ2) is 5.94. The zero-order valence-corrected chi connectivity index (χ0v) is 13.9. The largest absolute Gasteiger partial charge is 0.340 e. The van der Waals surface area contributed by atoms with Crippen LogP contribution >= 0.6 is 12.4 Å². The average molecular weight is 343 g/mol. The van der Waals surface area contributed by atoms with Crippen LogP contribution in [0.3, 0.4) is 0 Å². The zero-order chi connectivity index (χ0) is 15.3. The molecule has 4 aliphatic rings. The van der Waals surface area contributed by atoms with Crippen LogP contribution in [0.2, 0.25) is 0 Å². The fourth-order valence-corrected chi connectivity index (χ4v) is 4.43. The van der Waals surface area contributed by atoms with Crippen molar-refractivity contribution in [3.63, 3.8) is 0 Å². The van der Waals surface area contributed by atoms with Crippen LogP contribution in [0, 0.1) is 11.8 Å². The third-order valence-corrected chi connectivity index (χ3v) is 5.74. The summed E-state index contributed by atoms with van der Waals surface area (Å²) in [5, 5.41) is 6.16. The number of halogens is 1. The van der Waals surface area contributed by atoms with Crippen molar-refractivity contribution in [2.75, 3.05) is 32.7 Å². The van der Waals surface area contributed by atoms with Gasteiger partial charge in [-0.05, 0) is 24.7 Å². The minimum atomic E-state index is -0.719. The molecule has 4 rings (SSSR count). The van der Waals surface area contributed by atoms with E-state index in [1.54, 1.807) is 0 Å². The Hall–Kier alpha value is -1.34. The zero-order valence-electron chi connectivity index (χ0n) is 13.0. The van der Waals surface area contributed by atoms with E-state index in [-0.39, 0.29) is 30.8 Å². The number of rotatable bonds is 2. The first kappa shape index (κ1) is 16.5. The van der Waals surface area contributed by atoms with Gasteiger partial charge in [0, 0.05) is 26.2 Å². The molecule has 0 aromatic heterocycles. The number of hydrogen-bond donors (Lipinski definition) is 2. The van der Waals surface area contributed by atoms with Gasteiger partial charge < -0.3 is 15.5 Å². The van der Waals surface area contributed by atoms with Crippen molar-refractivity contribution in [2.45, 2.75) is 31.2 Å². The number of hydrogen-bond acceptors (Lipinski definition) is 4. The number of nitrogens with one attached hydrogen (secondary N) is 2. The van der Waals surface area contributed by atoms with E-state index >= 15 is 0 Å². The molecule has 0 bridgehead atoms. The molecule has 8 heteroatoms. The minimum Gasteiger partial charge on any atom is -0.340 e. The van der Waals surface area contributed by atoms with Gasteiger partial charge in [0.25, 0.3) is 5.91 Å². The lowest BCUT2D eigenvalue weighted by molar-refractivity contribution is -0.138. The lowest BCUT2D eigenvalue weighted by Gasteiger charge is -2.22. The summed E-state index contributed by atoms with van der Waals surface area (Å²) in [5.41, 5.74) is -0.719. The van der Waals surface area contributed by atoms with Crippen molar-refractivity contribution < 1.29 is 14.4 Å². The molecule has 0 radical (unpaired) electrons. The van der Waals surface area contributed by atoms with E-state index in [0.29, 0.717) is 24.7 Å². The van der Waals surface area contributed by atoms with Crippen LogP contribution in [-0.4, -0.2) is 65.9 Å². The van der Waals surface area contributed by atoms with Crippen LogP contribution in [-0.2, 0) is 9.59 Å². The molecule has 1 spiro atoms. The van der Waals surface area contributed by atoms with Crippen molar-refractivity contribution >= 4 is 30.3 Å². The predicted octanol–water partition coefficient (Wildman–Crippen LogP) is -0.0494. The van der Waals surface area contributed by atoms with Crippen LogP contribution in [0.25, 0.3) is 0 Å². The number of carbonyl (C=O) groups excluding carboxylic acids is 3. The molecule has 4 amide bonds. The summed E-state index contributed by atoms with van der Waals surface area (Å²) in [6, 6.07) is -0.402. The number of likely N-dealkylation sites (tertiary alicyclic amines) is 1. The monoisotopic (exact) mass is 342 g/mol. The number of carbonyl (C=O) groups is 3. The first-order valence-electron chi connectivity index (χ1n) is 8.22. The van der Waals surface area contributed by atoms with Crippen LogP contribution in [0.15, 0.2) is 0 Å². The molecule has 2 atom stereocenters. The van der Waals surface area contributed by atoms with E-state index in [1.807, 2.05) is 4.90 Å². The van der Waals surface area contributed by atoms with Crippen LogP contribution in [0.1, 0.15) is 25.7 Å². The fourth-order valence-electron chi connectivity index (χ4n) is 4.43. The van der Waals surface area contributed by atoms with Gasteiger partial charge in [-0.1, -0.05) is 12.8 Å². The SMILES string of the molecule is Cl.O=C(CN1C(=O)NC2(CCCC2)C1=O)N1C[C@H]2CNC[C@H]2C1. The molecule has 0 aromatic rings. The van der Waals surface area contributed by atoms with Gasteiger partial charge >= 0.3 is 6.03 Å². The molecule has 3 saturated heterocycles. The third kappa shape index (κ3) is 2.59. The molecule has 1 aliphatic carbocycles. The molecule has 1 saturated carbocycles. The Bertz CT molecular complexity index is 523. The Labute approximate surface area is 141 Å². The highest BCUT2D eigenvalue weighted by Crippen LogP contribution is 2.35. The predicted molar refractivity (Wildman–Crippen MR) is 85.1 cm³/mol. The van der Waals surface area contributed by atoms with Gasteiger partial charge in [-0.15, -0.1) is 12.4 Å². The smallest absolute Gasteiger partial charge is 0.325 e. The average Bonchev–Trinajstić information content (AvgIpc) is 3.20. The summed E-state index contributed by atoms with van der Waals surface area (Å²) in [7, 11) is 0. The summed E-state index contributed by atoms with van der Waals surface area (Å²) < 4.78 is 0. The van der Waals surface area contributed by atoms with Crippen LogP contribution < -0.4 is 10.6 Å². The highest BCUT2D eigenvalue weighted by Gasteiger charge is 2.53. The fraction of sp³-hybridized carbons (Fsp3) is 0.800.